The zero-order valence-corrected chi connectivity index (χ0v) is 13.5. The van der Waals surface area contributed by atoms with Gasteiger partial charge in [0.1, 0.15) is 12.4 Å². The Morgan fingerprint density at radius 1 is 1.00 bits per heavy atom. The van der Waals surface area contributed by atoms with E-state index in [0.29, 0.717) is 25.9 Å². The predicted molar refractivity (Wildman–Crippen MR) is 87.9 cm³/mol. The maximum Gasteiger partial charge on any atom is 0.119 e. The smallest absolute Gasteiger partial charge is 0.119 e. The number of nitrogens with one attached hydrogen (secondary N) is 1. The van der Waals surface area contributed by atoms with Gasteiger partial charge in [-0.15, -0.1) is 11.3 Å². The summed E-state index contributed by atoms with van der Waals surface area (Å²) in [5.74, 6) is 0.888. The van der Waals surface area contributed by atoms with E-state index < -0.39 is 0 Å². The average molecular weight is 305 g/mol. The second kappa shape index (κ2) is 8.82. The fourth-order valence-electron chi connectivity index (χ4n) is 1.81. The lowest BCUT2D eigenvalue weighted by Gasteiger charge is -2.06. The van der Waals surface area contributed by atoms with Crippen LogP contribution in [0.3, 0.4) is 0 Å². The summed E-state index contributed by atoms with van der Waals surface area (Å²) in [6.45, 7) is 7.09. The Bertz CT molecular complexity index is 511. The van der Waals surface area contributed by atoms with Crippen LogP contribution in [0.15, 0.2) is 42.5 Å². The Hall–Kier alpha value is -1.36. The molecule has 4 heteroatoms. The standard InChI is InChI=1S/C17H23NO2S/c1-14(2)18-12-16-8-9-17(21-16)13-19-10-11-20-15-6-4-3-5-7-15/h3-9,14,18H,10-13H2,1-2H3. The van der Waals surface area contributed by atoms with Gasteiger partial charge < -0.3 is 14.8 Å². The van der Waals surface area contributed by atoms with Gasteiger partial charge in [0.25, 0.3) is 0 Å². The Kier molecular flexibility index (Phi) is 6.73. The van der Waals surface area contributed by atoms with Gasteiger partial charge in [0, 0.05) is 22.3 Å². The van der Waals surface area contributed by atoms with Crippen molar-refractivity contribution in [2.24, 2.45) is 0 Å². The first-order valence-corrected chi connectivity index (χ1v) is 8.12. The highest BCUT2D eigenvalue weighted by molar-refractivity contribution is 7.11. The molecule has 0 saturated carbocycles. The van der Waals surface area contributed by atoms with E-state index in [1.807, 2.05) is 30.3 Å². The van der Waals surface area contributed by atoms with Crippen molar-refractivity contribution >= 4 is 11.3 Å². The van der Waals surface area contributed by atoms with E-state index in [9.17, 15) is 0 Å². The maximum atomic E-state index is 5.65. The maximum absolute atomic E-state index is 5.65. The highest BCUT2D eigenvalue weighted by Crippen LogP contribution is 2.17. The fraction of sp³-hybridized carbons (Fsp3) is 0.412. The number of para-hydroxylation sites is 1. The van der Waals surface area contributed by atoms with Crippen LogP contribution in [-0.4, -0.2) is 19.3 Å². The zero-order valence-electron chi connectivity index (χ0n) is 12.7. The molecule has 0 unspecified atom stereocenters. The van der Waals surface area contributed by atoms with E-state index in [1.54, 1.807) is 11.3 Å². The monoisotopic (exact) mass is 305 g/mol. The lowest BCUT2D eigenvalue weighted by Crippen LogP contribution is -2.21. The van der Waals surface area contributed by atoms with Crippen molar-refractivity contribution < 1.29 is 9.47 Å². The molecule has 1 heterocycles. The molecule has 0 atom stereocenters. The Balaban J connectivity index is 1.60. The summed E-state index contributed by atoms with van der Waals surface area (Å²) in [4.78, 5) is 2.61. The molecule has 1 aromatic heterocycles. The largest absolute Gasteiger partial charge is 0.491 e. The lowest BCUT2D eigenvalue weighted by molar-refractivity contribution is 0.0905. The molecule has 21 heavy (non-hydrogen) atoms. The molecule has 3 nitrogen and oxygen atoms in total. The van der Waals surface area contributed by atoms with Crippen molar-refractivity contribution in [3.05, 3.63) is 52.2 Å². The molecule has 114 valence electrons. The first-order chi connectivity index (χ1) is 10.2. The highest BCUT2D eigenvalue weighted by Gasteiger charge is 2.01. The van der Waals surface area contributed by atoms with E-state index >= 15 is 0 Å². The van der Waals surface area contributed by atoms with Crippen LogP contribution in [0.25, 0.3) is 0 Å². The van der Waals surface area contributed by atoms with E-state index in [1.165, 1.54) is 9.75 Å². The molecule has 0 fully saturated rings. The molecule has 1 aromatic carbocycles. The van der Waals surface area contributed by atoms with E-state index in [0.717, 1.165) is 12.3 Å². The Morgan fingerprint density at radius 2 is 1.76 bits per heavy atom. The number of ether oxygens (including phenoxy) is 2. The minimum Gasteiger partial charge on any atom is -0.491 e. The number of thiophene rings is 1. The zero-order chi connectivity index (χ0) is 14.9. The third-order valence-corrected chi connectivity index (χ3v) is 3.94. The van der Waals surface area contributed by atoms with Gasteiger partial charge >= 0.3 is 0 Å². The Labute approximate surface area is 130 Å². The molecular formula is C17H23NO2S. The van der Waals surface area contributed by atoms with Gasteiger partial charge in [0.2, 0.25) is 0 Å². The molecule has 0 radical (unpaired) electrons. The van der Waals surface area contributed by atoms with Crippen molar-refractivity contribution in [3.63, 3.8) is 0 Å². The van der Waals surface area contributed by atoms with Crippen LogP contribution in [-0.2, 0) is 17.9 Å². The van der Waals surface area contributed by atoms with Gasteiger partial charge in [-0.2, -0.15) is 0 Å². The quantitative estimate of drug-likeness (QED) is 0.714. The van der Waals surface area contributed by atoms with Gasteiger partial charge in [-0.1, -0.05) is 32.0 Å². The number of rotatable bonds is 9. The normalized spacial score (nSPS) is 11.0. The summed E-state index contributed by atoms with van der Waals surface area (Å²) in [5, 5.41) is 3.42. The summed E-state index contributed by atoms with van der Waals surface area (Å²) in [6.07, 6.45) is 0. The van der Waals surface area contributed by atoms with Gasteiger partial charge in [-0.3, -0.25) is 0 Å². The number of hydrogen-bond acceptors (Lipinski definition) is 4. The van der Waals surface area contributed by atoms with Crippen molar-refractivity contribution in [3.8, 4) is 5.75 Å². The summed E-state index contributed by atoms with van der Waals surface area (Å²) < 4.78 is 11.2. The molecule has 2 rings (SSSR count). The molecule has 0 aliphatic rings. The summed E-state index contributed by atoms with van der Waals surface area (Å²) in [6, 6.07) is 14.6. The third-order valence-electron chi connectivity index (χ3n) is 2.89. The SMILES string of the molecule is CC(C)NCc1ccc(COCCOc2ccccc2)s1. The highest BCUT2D eigenvalue weighted by atomic mass is 32.1. The molecule has 0 aliphatic carbocycles. The summed E-state index contributed by atoms with van der Waals surface area (Å²) in [5.41, 5.74) is 0. The van der Waals surface area contributed by atoms with Gasteiger partial charge in [-0.25, -0.2) is 0 Å². The van der Waals surface area contributed by atoms with E-state index in [2.05, 4.69) is 31.3 Å². The molecular weight excluding hydrogens is 282 g/mol. The summed E-state index contributed by atoms with van der Waals surface area (Å²) in [7, 11) is 0. The molecule has 2 aromatic rings. The van der Waals surface area contributed by atoms with E-state index in [4.69, 9.17) is 9.47 Å². The molecule has 0 amide bonds. The first kappa shape index (κ1) is 16.0. The van der Waals surface area contributed by atoms with Crippen LogP contribution < -0.4 is 10.1 Å². The average Bonchev–Trinajstić information content (AvgIpc) is 2.94. The number of hydrogen-bond donors (Lipinski definition) is 1. The molecule has 0 bridgehead atoms. The van der Waals surface area contributed by atoms with Gasteiger partial charge in [-0.05, 0) is 24.3 Å². The van der Waals surface area contributed by atoms with Crippen LogP contribution in [0.2, 0.25) is 0 Å². The fourth-order valence-corrected chi connectivity index (χ4v) is 2.71. The van der Waals surface area contributed by atoms with Crippen molar-refractivity contribution in [2.75, 3.05) is 13.2 Å². The van der Waals surface area contributed by atoms with E-state index in [-0.39, 0.29) is 0 Å². The van der Waals surface area contributed by atoms with Crippen LogP contribution in [0.1, 0.15) is 23.6 Å². The number of benzene rings is 1. The Morgan fingerprint density at radius 3 is 2.52 bits per heavy atom. The van der Waals surface area contributed by atoms with Crippen molar-refractivity contribution in [1.82, 2.24) is 5.32 Å². The van der Waals surface area contributed by atoms with Gasteiger partial charge in [0.15, 0.2) is 0 Å². The predicted octanol–water partition coefficient (Wildman–Crippen LogP) is 3.84. The molecule has 0 aliphatic heterocycles. The van der Waals surface area contributed by atoms with Crippen LogP contribution in [0, 0.1) is 0 Å². The van der Waals surface area contributed by atoms with Crippen molar-refractivity contribution in [2.45, 2.75) is 33.0 Å². The minimum absolute atomic E-state index is 0.516. The molecule has 0 spiro atoms. The molecule has 0 saturated heterocycles. The van der Waals surface area contributed by atoms with Crippen LogP contribution >= 0.6 is 11.3 Å². The molecule has 1 N–H and O–H groups in total. The first-order valence-electron chi connectivity index (χ1n) is 7.30. The minimum atomic E-state index is 0.516. The summed E-state index contributed by atoms with van der Waals surface area (Å²) >= 11 is 1.80. The van der Waals surface area contributed by atoms with Crippen LogP contribution in [0.5, 0.6) is 5.75 Å². The second-order valence-corrected chi connectivity index (χ2v) is 6.37. The second-order valence-electron chi connectivity index (χ2n) is 5.12. The van der Waals surface area contributed by atoms with Crippen LogP contribution in [0.4, 0.5) is 0 Å². The van der Waals surface area contributed by atoms with Gasteiger partial charge in [0.05, 0.1) is 13.2 Å². The topological polar surface area (TPSA) is 30.5 Å². The third kappa shape index (κ3) is 6.29. The lowest BCUT2D eigenvalue weighted by atomic mass is 10.3. The van der Waals surface area contributed by atoms with Crippen molar-refractivity contribution in [1.29, 1.82) is 0 Å².